The number of rotatable bonds is 21. The van der Waals surface area contributed by atoms with Gasteiger partial charge in [0, 0.05) is 61.6 Å². The molecule has 2 N–H and O–H groups in total. The van der Waals surface area contributed by atoms with E-state index in [0.717, 1.165) is 26.2 Å². The number of pyridine rings is 2. The normalized spacial score (nSPS) is 10.4. The quantitative estimate of drug-likeness (QED) is 0.185. The van der Waals surface area contributed by atoms with Crippen molar-refractivity contribution in [3.8, 4) is 0 Å². The van der Waals surface area contributed by atoms with Gasteiger partial charge in [0.05, 0.1) is 0 Å². The van der Waals surface area contributed by atoms with Crippen molar-refractivity contribution >= 4 is 11.4 Å². The van der Waals surface area contributed by atoms with Crippen LogP contribution in [0.15, 0.2) is 49.1 Å². The van der Waals surface area contributed by atoms with Crippen molar-refractivity contribution in [2.75, 3.05) is 23.7 Å². The number of nitrogens with one attached hydrogen (secondary N) is 2. The molecule has 0 atom stereocenters. The van der Waals surface area contributed by atoms with Crippen molar-refractivity contribution in [3.05, 3.63) is 49.1 Å². The van der Waals surface area contributed by atoms with Crippen LogP contribution in [-0.2, 0) is 13.1 Å². The summed E-state index contributed by atoms with van der Waals surface area (Å²) in [6.07, 6.45) is 27.4. The molecule has 6 heteroatoms. The van der Waals surface area contributed by atoms with E-state index in [0.29, 0.717) is 0 Å². The highest BCUT2D eigenvalue weighted by Crippen LogP contribution is 2.08. The minimum absolute atomic E-state index is 0. The lowest BCUT2D eigenvalue weighted by atomic mass is 10.1. The van der Waals surface area contributed by atoms with E-state index in [9.17, 15) is 0 Å². The minimum Gasteiger partial charge on any atom is -1.00 e. The van der Waals surface area contributed by atoms with Gasteiger partial charge in [0.15, 0.2) is 24.8 Å². The zero-order valence-electron chi connectivity index (χ0n) is 23.0. The van der Waals surface area contributed by atoms with Crippen LogP contribution in [0.25, 0.3) is 0 Å². The second kappa shape index (κ2) is 23.9. The lowest BCUT2D eigenvalue weighted by Gasteiger charge is -2.06. The fourth-order valence-electron chi connectivity index (χ4n) is 4.31. The van der Waals surface area contributed by atoms with Gasteiger partial charge in [0.25, 0.3) is 0 Å². The van der Waals surface area contributed by atoms with Gasteiger partial charge in [-0.05, 0) is 12.8 Å². The molecule has 4 nitrogen and oxygen atoms in total. The molecular weight excluding hydrogens is 487 g/mol. The Balaban J connectivity index is 0.00000612. The van der Waals surface area contributed by atoms with Gasteiger partial charge in [0.2, 0.25) is 0 Å². The predicted molar refractivity (Wildman–Crippen MR) is 146 cm³/mol. The fraction of sp³-hybridized carbons (Fsp3) is 0.667. The second-order valence-corrected chi connectivity index (χ2v) is 9.75. The van der Waals surface area contributed by atoms with Gasteiger partial charge in [-0.2, -0.15) is 0 Å². The Morgan fingerprint density at radius 2 is 0.806 bits per heavy atom. The van der Waals surface area contributed by atoms with E-state index in [-0.39, 0.29) is 24.8 Å². The standard InChI is InChI=1S/C30H50N4.2ClH/c1-3-5-7-9-11-13-21-31-29-17-25-33(26-18-29)23-15-16-24-34-27-19-30(20-28-34)32-22-14-12-10-8-6-4-2;;/h17-20,25-28H,3-16,21-24H2,1-2H3;2*1H. The minimum atomic E-state index is 0. The van der Waals surface area contributed by atoms with Crippen LogP contribution in [-0.4, -0.2) is 13.1 Å². The molecule has 0 amide bonds. The monoisotopic (exact) mass is 538 g/mol. The highest BCUT2D eigenvalue weighted by atomic mass is 35.5. The first-order valence-corrected chi connectivity index (χ1v) is 14.3. The highest BCUT2D eigenvalue weighted by molar-refractivity contribution is 5.40. The van der Waals surface area contributed by atoms with Crippen molar-refractivity contribution < 1.29 is 33.9 Å². The summed E-state index contributed by atoms with van der Waals surface area (Å²) in [6.45, 7) is 8.88. The molecular formula is C30H52Cl2N4. The predicted octanol–water partition coefficient (Wildman–Crippen LogP) is 1.29. The van der Waals surface area contributed by atoms with Gasteiger partial charge < -0.3 is 35.4 Å². The second-order valence-electron chi connectivity index (χ2n) is 9.75. The van der Waals surface area contributed by atoms with Gasteiger partial charge in [-0.3, -0.25) is 0 Å². The first kappa shape index (κ1) is 34.5. The third-order valence-corrected chi connectivity index (χ3v) is 6.58. The van der Waals surface area contributed by atoms with Crippen LogP contribution < -0.4 is 44.6 Å². The highest BCUT2D eigenvalue weighted by Gasteiger charge is 2.05. The number of hydrogen-bond acceptors (Lipinski definition) is 2. The lowest BCUT2D eigenvalue weighted by Crippen LogP contribution is -3.00. The summed E-state index contributed by atoms with van der Waals surface area (Å²) in [5.41, 5.74) is 2.48. The molecule has 0 aliphatic carbocycles. The number of aromatic nitrogens is 2. The summed E-state index contributed by atoms with van der Waals surface area (Å²) >= 11 is 0. The summed E-state index contributed by atoms with van der Waals surface area (Å²) in [5, 5.41) is 7.12. The van der Waals surface area contributed by atoms with Gasteiger partial charge in [-0.25, -0.2) is 9.13 Å². The Kier molecular flexibility index (Phi) is 22.8. The summed E-state index contributed by atoms with van der Waals surface area (Å²) in [6, 6.07) is 8.84. The van der Waals surface area contributed by atoms with Crippen LogP contribution in [0.3, 0.4) is 0 Å². The van der Waals surface area contributed by atoms with E-state index >= 15 is 0 Å². The Hall–Kier alpha value is -1.52. The van der Waals surface area contributed by atoms with Gasteiger partial charge in [-0.1, -0.05) is 78.1 Å². The molecule has 0 saturated heterocycles. The van der Waals surface area contributed by atoms with Crippen molar-refractivity contribution in [1.29, 1.82) is 0 Å². The zero-order chi connectivity index (χ0) is 24.1. The third-order valence-electron chi connectivity index (χ3n) is 6.58. The molecule has 36 heavy (non-hydrogen) atoms. The molecule has 0 spiro atoms. The summed E-state index contributed by atoms with van der Waals surface area (Å²) < 4.78 is 4.60. The van der Waals surface area contributed by atoms with Crippen LogP contribution in [0.2, 0.25) is 0 Å². The number of hydrogen-bond donors (Lipinski definition) is 2. The maximum absolute atomic E-state index is 3.56. The molecule has 0 bridgehead atoms. The van der Waals surface area contributed by atoms with E-state index < -0.39 is 0 Å². The number of halogens is 2. The van der Waals surface area contributed by atoms with E-state index in [4.69, 9.17) is 0 Å². The number of unbranched alkanes of at least 4 members (excludes halogenated alkanes) is 11. The molecule has 0 unspecified atom stereocenters. The average Bonchev–Trinajstić information content (AvgIpc) is 2.87. The number of nitrogens with zero attached hydrogens (tertiary/aromatic N) is 2. The molecule has 0 aliphatic heterocycles. The van der Waals surface area contributed by atoms with Gasteiger partial charge >= 0.3 is 0 Å². The molecule has 0 aliphatic rings. The van der Waals surface area contributed by atoms with Crippen LogP contribution in [0.5, 0.6) is 0 Å². The zero-order valence-corrected chi connectivity index (χ0v) is 24.5. The SMILES string of the molecule is CCCCCCCCNc1cc[n+](CCCC[n+]2ccc(NCCCCCCCC)cc2)cc1.[Cl-].[Cl-]. The lowest BCUT2D eigenvalue weighted by molar-refractivity contribution is -0.708. The molecule has 0 aromatic carbocycles. The molecule has 2 rings (SSSR count). The van der Waals surface area contributed by atoms with Gasteiger partial charge in [-0.15, -0.1) is 0 Å². The van der Waals surface area contributed by atoms with E-state index in [2.05, 4.69) is 82.7 Å². The first-order chi connectivity index (χ1) is 16.8. The van der Waals surface area contributed by atoms with Crippen LogP contribution in [0, 0.1) is 0 Å². The van der Waals surface area contributed by atoms with Crippen LogP contribution in [0.1, 0.15) is 104 Å². The summed E-state index contributed by atoms with van der Waals surface area (Å²) in [5.74, 6) is 0. The maximum Gasteiger partial charge on any atom is 0.170 e. The molecule has 2 heterocycles. The van der Waals surface area contributed by atoms with Gasteiger partial charge in [0.1, 0.15) is 13.1 Å². The Morgan fingerprint density at radius 1 is 0.472 bits per heavy atom. The Bertz CT molecular complexity index is 659. The van der Waals surface area contributed by atoms with Crippen molar-refractivity contribution in [2.24, 2.45) is 0 Å². The third kappa shape index (κ3) is 17.0. The Labute approximate surface area is 234 Å². The topological polar surface area (TPSA) is 31.8 Å². The number of aryl methyl sites for hydroxylation is 2. The average molecular weight is 540 g/mol. The molecule has 0 saturated carbocycles. The largest absolute Gasteiger partial charge is 1.00 e. The summed E-state index contributed by atoms with van der Waals surface area (Å²) in [7, 11) is 0. The molecule has 0 fully saturated rings. The van der Waals surface area contributed by atoms with E-state index in [1.165, 1.54) is 101 Å². The fourth-order valence-corrected chi connectivity index (χ4v) is 4.31. The van der Waals surface area contributed by atoms with Crippen molar-refractivity contribution in [1.82, 2.24) is 0 Å². The maximum atomic E-state index is 3.56. The smallest absolute Gasteiger partial charge is 0.170 e. The van der Waals surface area contributed by atoms with Crippen molar-refractivity contribution in [2.45, 2.75) is 117 Å². The molecule has 206 valence electrons. The molecule has 2 aromatic rings. The van der Waals surface area contributed by atoms with E-state index in [1.54, 1.807) is 0 Å². The van der Waals surface area contributed by atoms with Crippen molar-refractivity contribution in [3.63, 3.8) is 0 Å². The van der Waals surface area contributed by atoms with Crippen LogP contribution >= 0.6 is 0 Å². The molecule has 2 aromatic heterocycles. The summed E-state index contributed by atoms with van der Waals surface area (Å²) in [4.78, 5) is 0. The van der Waals surface area contributed by atoms with Crippen LogP contribution in [0.4, 0.5) is 11.4 Å². The van der Waals surface area contributed by atoms with E-state index in [1.807, 2.05) is 0 Å². The number of anilines is 2. The first-order valence-electron chi connectivity index (χ1n) is 14.3. The molecule has 0 radical (unpaired) electrons. The Morgan fingerprint density at radius 3 is 1.17 bits per heavy atom.